The van der Waals surface area contributed by atoms with Crippen molar-refractivity contribution in [3.8, 4) is 22.6 Å². The van der Waals surface area contributed by atoms with E-state index in [4.69, 9.17) is 4.74 Å². The second kappa shape index (κ2) is 14.8. The molecule has 4 aromatic heterocycles. The van der Waals surface area contributed by atoms with Crippen LogP contribution in [0.5, 0.6) is 5.75 Å². The number of fused-ring (bicyclic) bond motifs is 2. The van der Waals surface area contributed by atoms with Gasteiger partial charge >= 0.3 is 5.69 Å². The van der Waals surface area contributed by atoms with Crippen LogP contribution in [-0.2, 0) is 17.8 Å². The molecule has 1 saturated carbocycles. The molecule has 0 aliphatic heterocycles. The van der Waals surface area contributed by atoms with Gasteiger partial charge in [0.05, 0.1) is 29.6 Å². The molecule has 7 rings (SSSR count). The summed E-state index contributed by atoms with van der Waals surface area (Å²) >= 11 is 0. The molecule has 0 unspecified atom stereocenters. The molecule has 2 N–H and O–H groups in total. The molecular formula is C39H41F2N7O4. The number of aromatic hydroxyl groups is 1. The summed E-state index contributed by atoms with van der Waals surface area (Å²) in [5.74, 6) is -0.867. The highest BCUT2D eigenvalue weighted by Gasteiger charge is 2.27. The molecule has 270 valence electrons. The molecule has 1 atom stereocenters. The van der Waals surface area contributed by atoms with E-state index in [9.17, 15) is 23.5 Å². The highest BCUT2D eigenvalue weighted by Crippen LogP contribution is 2.31. The summed E-state index contributed by atoms with van der Waals surface area (Å²) in [5, 5.41) is 13.9. The van der Waals surface area contributed by atoms with Gasteiger partial charge in [-0.3, -0.25) is 14.3 Å². The zero-order chi connectivity index (χ0) is 36.5. The Labute approximate surface area is 298 Å². The second-order valence-corrected chi connectivity index (χ2v) is 13.7. The first-order valence-corrected chi connectivity index (χ1v) is 17.4. The number of pyridine rings is 2. The summed E-state index contributed by atoms with van der Waals surface area (Å²) in [7, 11) is 3.65. The summed E-state index contributed by atoms with van der Waals surface area (Å²) in [5.41, 5.74) is 3.42. The summed E-state index contributed by atoms with van der Waals surface area (Å²) in [6.07, 6.45) is 6.71. The Kier molecular flexibility index (Phi) is 10.00. The Morgan fingerprint density at radius 3 is 2.62 bits per heavy atom. The van der Waals surface area contributed by atoms with Crippen molar-refractivity contribution >= 4 is 16.7 Å². The van der Waals surface area contributed by atoms with Crippen molar-refractivity contribution in [3.63, 3.8) is 0 Å². The first-order valence-electron chi connectivity index (χ1n) is 17.4. The summed E-state index contributed by atoms with van der Waals surface area (Å²) in [6.45, 7) is 3.63. The maximum absolute atomic E-state index is 14.6. The number of hydrogen-bond donors (Lipinski definition) is 2. The smallest absolute Gasteiger partial charge is 0.337 e. The van der Waals surface area contributed by atoms with Gasteiger partial charge in [0, 0.05) is 50.7 Å². The number of nitrogens with zero attached hydrogens (tertiary/aromatic N) is 6. The molecule has 0 amide bonds. The number of methoxy groups -OCH3 is 1. The minimum Gasteiger partial charge on any atom is -0.508 e. The quantitative estimate of drug-likeness (QED) is 0.179. The van der Waals surface area contributed by atoms with Crippen LogP contribution >= 0.6 is 0 Å². The molecule has 1 aliphatic rings. The van der Waals surface area contributed by atoms with Gasteiger partial charge in [-0.05, 0) is 98.8 Å². The van der Waals surface area contributed by atoms with Crippen LogP contribution in [0.15, 0.2) is 88.8 Å². The van der Waals surface area contributed by atoms with Gasteiger partial charge in [-0.15, -0.1) is 0 Å². The van der Waals surface area contributed by atoms with Crippen molar-refractivity contribution in [3.05, 3.63) is 123 Å². The number of phenols is 1. The topological polar surface area (TPSA) is 119 Å². The van der Waals surface area contributed by atoms with Gasteiger partial charge in [0.1, 0.15) is 23.0 Å². The predicted molar refractivity (Wildman–Crippen MR) is 195 cm³/mol. The maximum Gasteiger partial charge on any atom is 0.337 e. The van der Waals surface area contributed by atoms with Crippen molar-refractivity contribution < 1.29 is 18.6 Å². The first kappa shape index (κ1) is 35.2. The average molecular weight is 710 g/mol. The van der Waals surface area contributed by atoms with E-state index < -0.39 is 23.1 Å². The molecule has 1 fully saturated rings. The zero-order valence-corrected chi connectivity index (χ0v) is 29.3. The van der Waals surface area contributed by atoms with Crippen LogP contribution in [0.4, 0.5) is 8.78 Å². The lowest BCUT2D eigenvalue weighted by molar-refractivity contribution is 0.112. The summed E-state index contributed by atoms with van der Waals surface area (Å²) < 4.78 is 37.9. The minimum absolute atomic E-state index is 0.0209. The van der Waals surface area contributed by atoms with Gasteiger partial charge in [-0.1, -0.05) is 18.2 Å². The van der Waals surface area contributed by atoms with Gasteiger partial charge in [0.25, 0.3) is 5.56 Å². The van der Waals surface area contributed by atoms with Crippen molar-refractivity contribution in [2.24, 2.45) is 0 Å². The fraction of sp³-hybridized carbons (Fsp3) is 0.333. The van der Waals surface area contributed by atoms with Crippen LogP contribution in [0.3, 0.4) is 0 Å². The van der Waals surface area contributed by atoms with Crippen molar-refractivity contribution in [1.29, 1.82) is 0 Å². The van der Waals surface area contributed by atoms with E-state index in [-0.39, 0.29) is 34.7 Å². The third-order valence-corrected chi connectivity index (χ3v) is 10.1. The van der Waals surface area contributed by atoms with Crippen LogP contribution in [-0.4, -0.2) is 66.4 Å². The SMILES string of the molecule is COC[C@H](C)N(C)Cc1cc(O)ccc1-c1cccc(-n2c(=O)n([C@H]3CC[C@@H](NCc4cn5cc(F)ccc5n4)CC3)c(=O)c3cc(F)cnc32)c1. The molecule has 6 aromatic rings. The Bertz CT molecular complexity index is 2360. The predicted octanol–water partition coefficient (Wildman–Crippen LogP) is 5.59. The lowest BCUT2D eigenvalue weighted by Gasteiger charge is -2.30. The number of aromatic nitrogens is 5. The van der Waals surface area contributed by atoms with Gasteiger partial charge in [-0.25, -0.2) is 28.1 Å². The number of benzene rings is 2. The lowest BCUT2D eigenvalue weighted by atomic mass is 9.91. The number of halogens is 2. The molecule has 11 nitrogen and oxygen atoms in total. The molecule has 4 heterocycles. The lowest BCUT2D eigenvalue weighted by Crippen LogP contribution is -2.44. The molecule has 0 radical (unpaired) electrons. The number of imidazole rings is 1. The van der Waals surface area contributed by atoms with Crippen LogP contribution in [0.25, 0.3) is 33.5 Å². The van der Waals surface area contributed by atoms with Crippen LogP contribution in [0.1, 0.15) is 49.9 Å². The van der Waals surface area contributed by atoms with E-state index in [1.165, 1.54) is 21.4 Å². The number of nitrogens with one attached hydrogen (secondary N) is 1. The Morgan fingerprint density at radius 2 is 1.83 bits per heavy atom. The molecular weight excluding hydrogens is 668 g/mol. The van der Waals surface area contributed by atoms with E-state index in [1.807, 2.05) is 31.3 Å². The Balaban J connectivity index is 1.19. The molecule has 0 spiro atoms. The summed E-state index contributed by atoms with van der Waals surface area (Å²) in [6, 6.07) is 16.6. The highest BCUT2D eigenvalue weighted by atomic mass is 19.1. The van der Waals surface area contributed by atoms with Crippen LogP contribution < -0.4 is 16.6 Å². The number of ether oxygens (including phenoxy) is 1. The van der Waals surface area contributed by atoms with Crippen molar-refractivity contribution in [1.82, 2.24) is 33.7 Å². The van der Waals surface area contributed by atoms with E-state index >= 15 is 0 Å². The van der Waals surface area contributed by atoms with Crippen molar-refractivity contribution in [2.75, 3.05) is 20.8 Å². The molecule has 1 aliphatic carbocycles. The van der Waals surface area contributed by atoms with Crippen molar-refractivity contribution in [2.45, 2.75) is 63.8 Å². The molecule has 2 aromatic carbocycles. The third-order valence-electron chi connectivity index (χ3n) is 10.1. The molecule has 52 heavy (non-hydrogen) atoms. The number of rotatable bonds is 11. The normalized spacial score (nSPS) is 17.0. The Morgan fingerprint density at radius 1 is 1.02 bits per heavy atom. The van der Waals surface area contributed by atoms with Crippen LogP contribution in [0.2, 0.25) is 0 Å². The highest BCUT2D eigenvalue weighted by molar-refractivity contribution is 5.77. The van der Waals surface area contributed by atoms with Gasteiger partial charge < -0.3 is 19.6 Å². The van der Waals surface area contributed by atoms with E-state index in [0.717, 1.165) is 34.6 Å². The second-order valence-electron chi connectivity index (χ2n) is 13.7. The number of phenolic OH excluding ortho intramolecular Hbond substituents is 1. The number of likely N-dealkylation sites (N-methyl/N-ethyl adjacent to an activating group) is 1. The van der Waals surface area contributed by atoms with E-state index in [0.29, 0.717) is 56.7 Å². The molecule has 0 saturated heterocycles. The fourth-order valence-electron chi connectivity index (χ4n) is 7.22. The van der Waals surface area contributed by atoms with E-state index in [1.54, 1.807) is 42.0 Å². The van der Waals surface area contributed by atoms with Gasteiger partial charge in [0.15, 0.2) is 5.65 Å². The van der Waals surface area contributed by atoms with Gasteiger partial charge in [-0.2, -0.15) is 0 Å². The van der Waals surface area contributed by atoms with E-state index in [2.05, 4.69) is 27.1 Å². The first-order chi connectivity index (χ1) is 25.1. The standard InChI is InChI=1S/C39H41F2N7O4/c1-24(23-52-3)45(2)20-26-16-33(49)12-13-34(26)25-5-4-6-32(15-25)47-37-35(17-28(41)18-43-37)38(50)48(39(47)51)31-10-8-29(9-11-31)42-19-30-22-46-21-27(40)7-14-36(46)44-30/h4-7,12-18,21-22,24,29,31,42,49H,8-11,19-20,23H2,1-3H3/t24-,29-,31+/m0/s1. The Hall–Kier alpha value is -5.24. The molecule has 13 heteroatoms. The summed E-state index contributed by atoms with van der Waals surface area (Å²) in [4.78, 5) is 39.2. The fourth-order valence-corrected chi connectivity index (χ4v) is 7.22. The maximum atomic E-state index is 14.6. The number of hydrogen-bond acceptors (Lipinski definition) is 8. The molecule has 0 bridgehead atoms. The third kappa shape index (κ3) is 7.11. The van der Waals surface area contributed by atoms with Gasteiger partial charge in [0.2, 0.25) is 0 Å². The van der Waals surface area contributed by atoms with Crippen LogP contribution in [0, 0.1) is 11.6 Å². The largest absolute Gasteiger partial charge is 0.508 e. The minimum atomic E-state index is -0.668. The average Bonchev–Trinajstić information content (AvgIpc) is 3.54. The monoisotopic (exact) mass is 709 g/mol. The zero-order valence-electron chi connectivity index (χ0n) is 29.3.